The van der Waals surface area contributed by atoms with Crippen LogP contribution in [0.2, 0.25) is 0 Å². The van der Waals surface area contributed by atoms with Crippen LogP contribution in [0.25, 0.3) is 0 Å². The van der Waals surface area contributed by atoms with Crippen LogP contribution in [-0.2, 0) is 28.4 Å². The van der Waals surface area contributed by atoms with Crippen molar-refractivity contribution in [3.05, 3.63) is 0 Å². The number of hydrogen-bond donors (Lipinski definition) is 1. The SMILES string of the molecule is CO[C@@H]1[C@H](C)O[C@@H](O[C@H]2[C@H](C)OC(O)C[C@@H]2OC)C[C@@H]1OC. The van der Waals surface area contributed by atoms with E-state index in [0.717, 1.165) is 0 Å². The summed E-state index contributed by atoms with van der Waals surface area (Å²) in [6.45, 7) is 3.80. The third kappa shape index (κ3) is 3.97. The Labute approximate surface area is 131 Å². The van der Waals surface area contributed by atoms with Crippen molar-refractivity contribution >= 4 is 0 Å². The maximum Gasteiger partial charge on any atom is 0.161 e. The van der Waals surface area contributed by atoms with Gasteiger partial charge in [0.05, 0.1) is 24.4 Å². The fraction of sp³-hybridized carbons (Fsp3) is 1.00. The molecule has 2 fully saturated rings. The number of aliphatic hydroxyl groups excluding tert-OH is 1. The van der Waals surface area contributed by atoms with E-state index in [2.05, 4.69) is 0 Å². The van der Waals surface area contributed by atoms with E-state index in [1.54, 1.807) is 21.3 Å². The lowest BCUT2D eigenvalue weighted by atomic mass is 10.00. The molecule has 2 aliphatic heterocycles. The fourth-order valence-corrected chi connectivity index (χ4v) is 3.28. The Morgan fingerprint density at radius 1 is 0.818 bits per heavy atom. The average molecular weight is 320 g/mol. The van der Waals surface area contributed by atoms with Crippen molar-refractivity contribution in [2.45, 2.75) is 75.9 Å². The Hall–Kier alpha value is -0.280. The minimum Gasteiger partial charge on any atom is -0.378 e. The standard InChI is InChI=1S/C15H28O7/c1-8-14(19-5)11(18-4)7-13(21-8)22-15-9(2)20-12(16)6-10(15)17-3/h8-16H,6-7H2,1-5H3/t8-,9-,10-,11-,12?,13-,14+,15-/m0/s1. The zero-order chi connectivity index (χ0) is 16.3. The van der Waals surface area contributed by atoms with E-state index < -0.39 is 12.6 Å². The molecule has 8 atom stereocenters. The largest absolute Gasteiger partial charge is 0.378 e. The Morgan fingerprint density at radius 2 is 1.41 bits per heavy atom. The van der Waals surface area contributed by atoms with E-state index in [4.69, 9.17) is 28.4 Å². The normalized spacial score (nSPS) is 46.6. The fourth-order valence-electron chi connectivity index (χ4n) is 3.28. The Balaban J connectivity index is 2.00. The van der Waals surface area contributed by atoms with Crippen LogP contribution >= 0.6 is 0 Å². The zero-order valence-corrected chi connectivity index (χ0v) is 13.9. The first-order chi connectivity index (χ1) is 10.5. The van der Waals surface area contributed by atoms with Gasteiger partial charge in [0.25, 0.3) is 0 Å². The Morgan fingerprint density at radius 3 is 2.00 bits per heavy atom. The molecule has 22 heavy (non-hydrogen) atoms. The van der Waals surface area contributed by atoms with Gasteiger partial charge < -0.3 is 33.5 Å². The highest BCUT2D eigenvalue weighted by molar-refractivity contribution is 4.86. The monoisotopic (exact) mass is 320 g/mol. The summed E-state index contributed by atoms with van der Waals surface area (Å²) in [7, 11) is 4.92. The highest BCUT2D eigenvalue weighted by Gasteiger charge is 2.42. The van der Waals surface area contributed by atoms with E-state index in [9.17, 15) is 5.11 Å². The predicted octanol–water partition coefficient (Wildman–Crippen LogP) is 0.679. The molecule has 0 saturated carbocycles. The van der Waals surface area contributed by atoms with Crippen LogP contribution in [0.5, 0.6) is 0 Å². The van der Waals surface area contributed by atoms with Crippen LogP contribution in [0.4, 0.5) is 0 Å². The van der Waals surface area contributed by atoms with Crippen molar-refractivity contribution in [3.8, 4) is 0 Å². The highest BCUT2D eigenvalue weighted by atomic mass is 16.7. The average Bonchev–Trinajstić information content (AvgIpc) is 2.48. The van der Waals surface area contributed by atoms with Gasteiger partial charge in [-0.3, -0.25) is 0 Å². The minimum atomic E-state index is -0.824. The molecule has 2 saturated heterocycles. The van der Waals surface area contributed by atoms with Gasteiger partial charge in [0.2, 0.25) is 0 Å². The van der Waals surface area contributed by atoms with Gasteiger partial charge in [-0.25, -0.2) is 0 Å². The zero-order valence-electron chi connectivity index (χ0n) is 13.9. The van der Waals surface area contributed by atoms with Crippen LogP contribution in [0.3, 0.4) is 0 Å². The van der Waals surface area contributed by atoms with Crippen LogP contribution in [0.15, 0.2) is 0 Å². The first-order valence-corrected chi connectivity index (χ1v) is 7.73. The van der Waals surface area contributed by atoms with Crippen LogP contribution in [0, 0.1) is 0 Å². The van der Waals surface area contributed by atoms with Crippen molar-refractivity contribution < 1.29 is 33.5 Å². The molecule has 1 N–H and O–H groups in total. The highest BCUT2D eigenvalue weighted by Crippen LogP contribution is 2.30. The summed E-state index contributed by atoms with van der Waals surface area (Å²) in [6.07, 6.45) is -1.47. The van der Waals surface area contributed by atoms with E-state index in [1.165, 1.54) is 0 Å². The summed E-state index contributed by atoms with van der Waals surface area (Å²) in [6, 6.07) is 0. The molecular formula is C15H28O7. The van der Waals surface area contributed by atoms with E-state index >= 15 is 0 Å². The lowest BCUT2D eigenvalue weighted by molar-refractivity contribution is -0.311. The van der Waals surface area contributed by atoms with Gasteiger partial charge in [-0.05, 0) is 13.8 Å². The molecule has 0 spiro atoms. The maximum absolute atomic E-state index is 9.67. The number of hydrogen-bond acceptors (Lipinski definition) is 7. The minimum absolute atomic E-state index is 0.0925. The van der Waals surface area contributed by atoms with Crippen LogP contribution in [-0.4, -0.2) is 75.6 Å². The molecule has 0 aromatic rings. The van der Waals surface area contributed by atoms with Crippen molar-refractivity contribution in [2.24, 2.45) is 0 Å². The van der Waals surface area contributed by atoms with Gasteiger partial charge in [0, 0.05) is 34.2 Å². The number of aliphatic hydroxyl groups is 1. The molecule has 0 amide bonds. The summed E-state index contributed by atoms with van der Waals surface area (Å²) < 4.78 is 33.8. The summed E-state index contributed by atoms with van der Waals surface area (Å²) in [4.78, 5) is 0. The maximum atomic E-state index is 9.67. The lowest BCUT2D eigenvalue weighted by Gasteiger charge is -2.43. The summed E-state index contributed by atoms with van der Waals surface area (Å²) >= 11 is 0. The van der Waals surface area contributed by atoms with Crippen LogP contribution < -0.4 is 0 Å². The lowest BCUT2D eigenvalue weighted by Crippen LogP contribution is -2.54. The molecule has 2 aliphatic rings. The molecule has 0 bridgehead atoms. The molecule has 1 unspecified atom stereocenters. The molecule has 0 aromatic carbocycles. The first kappa shape index (κ1) is 18.1. The van der Waals surface area contributed by atoms with Crippen molar-refractivity contribution in [1.82, 2.24) is 0 Å². The van der Waals surface area contributed by atoms with Gasteiger partial charge in [0.15, 0.2) is 12.6 Å². The van der Waals surface area contributed by atoms with E-state index in [0.29, 0.717) is 12.8 Å². The van der Waals surface area contributed by atoms with Gasteiger partial charge in [0.1, 0.15) is 12.2 Å². The molecule has 2 rings (SSSR count). The Bertz CT molecular complexity index is 340. The molecule has 0 radical (unpaired) electrons. The number of methoxy groups -OCH3 is 3. The van der Waals surface area contributed by atoms with E-state index in [1.807, 2.05) is 13.8 Å². The molecule has 2 heterocycles. The van der Waals surface area contributed by atoms with Crippen molar-refractivity contribution in [1.29, 1.82) is 0 Å². The second-order valence-electron chi connectivity index (χ2n) is 5.89. The summed E-state index contributed by atoms with van der Waals surface area (Å²) in [5, 5.41) is 9.67. The molecular weight excluding hydrogens is 292 g/mol. The van der Waals surface area contributed by atoms with Crippen LogP contribution in [0.1, 0.15) is 26.7 Å². The number of ether oxygens (including phenoxy) is 6. The summed E-state index contributed by atoms with van der Waals surface area (Å²) in [5.41, 5.74) is 0. The third-order valence-electron chi connectivity index (χ3n) is 4.44. The van der Waals surface area contributed by atoms with Gasteiger partial charge in [-0.1, -0.05) is 0 Å². The molecule has 7 nitrogen and oxygen atoms in total. The quantitative estimate of drug-likeness (QED) is 0.798. The molecule has 0 aliphatic carbocycles. The van der Waals surface area contributed by atoms with Crippen molar-refractivity contribution in [3.63, 3.8) is 0 Å². The smallest absolute Gasteiger partial charge is 0.161 e. The molecule has 7 heteroatoms. The summed E-state index contributed by atoms with van der Waals surface area (Å²) in [5.74, 6) is 0. The second kappa shape index (κ2) is 8.01. The van der Waals surface area contributed by atoms with Gasteiger partial charge in [-0.2, -0.15) is 0 Å². The number of rotatable bonds is 5. The molecule has 130 valence electrons. The molecule has 0 aromatic heterocycles. The van der Waals surface area contributed by atoms with E-state index in [-0.39, 0.29) is 36.6 Å². The third-order valence-corrected chi connectivity index (χ3v) is 4.44. The first-order valence-electron chi connectivity index (χ1n) is 7.73. The van der Waals surface area contributed by atoms with Crippen molar-refractivity contribution in [2.75, 3.05) is 21.3 Å². The van der Waals surface area contributed by atoms with Gasteiger partial charge >= 0.3 is 0 Å². The second-order valence-corrected chi connectivity index (χ2v) is 5.89. The predicted molar refractivity (Wildman–Crippen MR) is 77.4 cm³/mol. The Kier molecular flexibility index (Phi) is 6.58. The van der Waals surface area contributed by atoms with Gasteiger partial charge in [-0.15, -0.1) is 0 Å². The topological polar surface area (TPSA) is 75.6 Å².